The van der Waals surface area contributed by atoms with Crippen LogP contribution in [0.1, 0.15) is 23.6 Å². The quantitative estimate of drug-likeness (QED) is 0.351. The molecule has 1 atom stereocenters. The number of halogens is 2. The fourth-order valence-electron chi connectivity index (χ4n) is 4.15. The molecule has 2 aromatic carbocycles. The molecular formula is C24H24BrClN2O4. The Bertz CT molecular complexity index is 1020. The van der Waals surface area contributed by atoms with Gasteiger partial charge in [-0.1, -0.05) is 51.8 Å². The van der Waals surface area contributed by atoms with Crippen LogP contribution in [0.5, 0.6) is 0 Å². The summed E-state index contributed by atoms with van der Waals surface area (Å²) >= 11 is 9.44. The number of aliphatic hydroxyl groups excluding tert-OH is 1. The molecule has 6 nitrogen and oxygen atoms in total. The van der Waals surface area contributed by atoms with Crippen LogP contribution in [-0.4, -0.2) is 66.0 Å². The summed E-state index contributed by atoms with van der Waals surface area (Å²) in [6.07, 6.45) is 0.718. The number of benzene rings is 2. The second-order valence-corrected chi connectivity index (χ2v) is 9.21. The topological polar surface area (TPSA) is 70.1 Å². The second kappa shape index (κ2) is 10.2. The van der Waals surface area contributed by atoms with Gasteiger partial charge in [0.15, 0.2) is 0 Å². The lowest BCUT2D eigenvalue weighted by molar-refractivity contribution is -0.140. The summed E-state index contributed by atoms with van der Waals surface area (Å²) in [6, 6.07) is 13.4. The van der Waals surface area contributed by atoms with Crippen molar-refractivity contribution in [1.29, 1.82) is 0 Å². The van der Waals surface area contributed by atoms with E-state index in [1.807, 2.05) is 0 Å². The van der Waals surface area contributed by atoms with E-state index in [2.05, 4.69) is 20.8 Å². The van der Waals surface area contributed by atoms with Crippen molar-refractivity contribution in [2.24, 2.45) is 0 Å². The smallest absolute Gasteiger partial charge is 0.295 e. The third-order valence-corrected chi connectivity index (χ3v) is 6.60. The normalized spacial score (nSPS) is 21.3. The van der Waals surface area contributed by atoms with Crippen LogP contribution in [0.4, 0.5) is 0 Å². The Morgan fingerprint density at radius 3 is 2.34 bits per heavy atom. The number of Topliss-reactive ketones (excluding diaryl/α,β-unsaturated/α-hetero) is 1. The van der Waals surface area contributed by atoms with Crippen molar-refractivity contribution < 1.29 is 19.4 Å². The standard InChI is InChI=1S/C24H24BrClN2O4/c25-18-6-2-17(3-7-18)22(29)20-21(16-4-8-19(26)9-5-16)28(24(31)23(20)30)11-1-10-27-12-14-32-15-13-27/h2-9,21,29H,1,10-15H2/t21-/m1/s1. The highest BCUT2D eigenvalue weighted by Crippen LogP contribution is 2.39. The lowest BCUT2D eigenvalue weighted by atomic mass is 9.95. The van der Waals surface area contributed by atoms with Crippen molar-refractivity contribution in [3.63, 3.8) is 0 Å². The van der Waals surface area contributed by atoms with Crippen LogP contribution in [0.25, 0.3) is 5.76 Å². The Morgan fingerprint density at radius 1 is 1.03 bits per heavy atom. The molecule has 2 saturated heterocycles. The highest BCUT2D eigenvalue weighted by molar-refractivity contribution is 9.10. The number of aliphatic hydroxyl groups is 1. The van der Waals surface area contributed by atoms with Crippen molar-refractivity contribution in [2.45, 2.75) is 12.5 Å². The van der Waals surface area contributed by atoms with Crippen molar-refractivity contribution in [1.82, 2.24) is 9.80 Å². The van der Waals surface area contributed by atoms with E-state index in [1.165, 1.54) is 0 Å². The molecule has 2 heterocycles. The third kappa shape index (κ3) is 4.91. The van der Waals surface area contributed by atoms with E-state index in [1.54, 1.807) is 53.4 Å². The molecule has 32 heavy (non-hydrogen) atoms. The van der Waals surface area contributed by atoms with E-state index in [0.717, 1.165) is 36.1 Å². The van der Waals surface area contributed by atoms with Gasteiger partial charge in [0.25, 0.3) is 11.7 Å². The molecule has 0 aromatic heterocycles. The summed E-state index contributed by atoms with van der Waals surface area (Å²) in [5.74, 6) is -1.44. The minimum absolute atomic E-state index is 0.103. The van der Waals surface area contributed by atoms with Crippen LogP contribution in [0.3, 0.4) is 0 Å². The van der Waals surface area contributed by atoms with Gasteiger partial charge in [-0.15, -0.1) is 0 Å². The Kier molecular flexibility index (Phi) is 7.30. The lowest BCUT2D eigenvalue weighted by Gasteiger charge is -2.29. The average molecular weight is 520 g/mol. The van der Waals surface area contributed by atoms with Crippen LogP contribution in [0.2, 0.25) is 5.02 Å². The zero-order valence-electron chi connectivity index (χ0n) is 17.5. The van der Waals surface area contributed by atoms with Gasteiger partial charge < -0.3 is 14.7 Å². The van der Waals surface area contributed by atoms with Gasteiger partial charge in [0, 0.05) is 41.2 Å². The number of carbonyl (C=O) groups is 2. The van der Waals surface area contributed by atoms with Gasteiger partial charge in [-0.3, -0.25) is 14.5 Å². The number of nitrogens with zero attached hydrogens (tertiary/aromatic N) is 2. The van der Waals surface area contributed by atoms with Crippen LogP contribution < -0.4 is 0 Å². The molecule has 2 aliphatic rings. The minimum atomic E-state index is -0.670. The zero-order valence-corrected chi connectivity index (χ0v) is 19.8. The Labute approximate surface area is 200 Å². The minimum Gasteiger partial charge on any atom is -0.507 e. The molecule has 0 bridgehead atoms. The largest absolute Gasteiger partial charge is 0.507 e. The van der Waals surface area contributed by atoms with Gasteiger partial charge in [0.1, 0.15) is 5.76 Å². The third-order valence-electron chi connectivity index (χ3n) is 5.82. The molecular weight excluding hydrogens is 496 g/mol. The van der Waals surface area contributed by atoms with Crippen LogP contribution in [0, 0.1) is 0 Å². The predicted octanol–water partition coefficient (Wildman–Crippen LogP) is 4.25. The van der Waals surface area contributed by atoms with Crippen LogP contribution >= 0.6 is 27.5 Å². The van der Waals surface area contributed by atoms with E-state index >= 15 is 0 Å². The Morgan fingerprint density at radius 2 is 1.69 bits per heavy atom. The van der Waals surface area contributed by atoms with E-state index < -0.39 is 17.7 Å². The predicted molar refractivity (Wildman–Crippen MR) is 126 cm³/mol. The van der Waals surface area contributed by atoms with E-state index in [4.69, 9.17) is 16.3 Å². The van der Waals surface area contributed by atoms with Crippen molar-refractivity contribution in [3.8, 4) is 0 Å². The molecule has 168 valence electrons. The van der Waals surface area contributed by atoms with Crippen molar-refractivity contribution in [3.05, 3.63) is 74.7 Å². The summed E-state index contributed by atoms with van der Waals surface area (Å²) < 4.78 is 6.24. The zero-order chi connectivity index (χ0) is 22.7. The molecule has 2 aromatic rings. The van der Waals surface area contributed by atoms with Gasteiger partial charge in [0.2, 0.25) is 0 Å². The molecule has 1 N–H and O–H groups in total. The number of carbonyl (C=O) groups excluding carboxylic acids is 2. The van der Waals surface area contributed by atoms with Gasteiger partial charge in [0.05, 0.1) is 24.8 Å². The molecule has 0 aliphatic carbocycles. The molecule has 0 radical (unpaired) electrons. The molecule has 0 spiro atoms. The highest BCUT2D eigenvalue weighted by Gasteiger charge is 2.45. The number of ether oxygens (including phenoxy) is 1. The van der Waals surface area contributed by atoms with Gasteiger partial charge in [-0.25, -0.2) is 0 Å². The monoisotopic (exact) mass is 518 g/mol. The fourth-order valence-corrected chi connectivity index (χ4v) is 4.55. The number of morpholine rings is 1. The first-order valence-corrected chi connectivity index (χ1v) is 11.7. The molecule has 1 amide bonds. The first kappa shape index (κ1) is 23.0. The van der Waals surface area contributed by atoms with E-state index in [9.17, 15) is 14.7 Å². The number of ketones is 1. The molecule has 2 fully saturated rings. The number of hydrogen-bond acceptors (Lipinski definition) is 5. The highest BCUT2D eigenvalue weighted by atomic mass is 79.9. The molecule has 0 unspecified atom stereocenters. The summed E-state index contributed by atoms with van der Waals surface area (Å²) in [5.41, 5.74) is 1.32. The van der Waals surface area contributed by atoms with E-state index in [0.29, 0.717) is 30.3 Å². The fraction of sp³-hybridized carbons (Fsp3) is 0.333. The van der Waals surface area contributed by atoms with Crippen molar-refractivity contribution >= 4 is 45.0 Å². The number of likely N-dealkylation sites (tertiary alicyclic amines) is 1. The van der Waals surface area contributed by atoms with Crippen LogP contribution in [0.15, 0.2) is 58.6 Å². The second-order valence-electron chi connectivity index (χ2n) is 7.86. The maximum absolute atomic E-state index is 13.0. The number of amides is 1. The van der Waals surface area contributed by atoms with E-state index in [-0.39, 0.29) is 11.3 Å². The molecule has 8 heteroatoms. The molecule has 4 rings (SSSR count). The van der Waals surface area contributed by atoms with Crippen molar-refractivity contribution in [2.75, 3.05) is 39.4 Å². The lowest BCUT2D eigenvalue weighted by Crippen LogP contribution is -2.38. The summed E-state index contributed by atoms with van der Waals surface area (Å²) in [7, 11) is 0. The number of rotatable bonds is 6. The maximum atomic E-state index is 13.0. The first-order chi connectivity index (χ1) is 15.5. The molecule has 2 aliphatic heterocycles. The Balaban J connectivity index is 1.66. The van der Waals surface area contributed by atoms with Gasteiger partial charge in [-0.2, -0.15) is 0 Å². The van der Waals surface area contributed by atoms with Gasteiger partial charge in [-0.05, 0) is 36.2 Å². The SMILES string of the molecule is O=C1C(=O)N(CCCN2CCOCC2)[C@H](c2ccc(Cl)cc2)C1=C(O)c1ccc(Br)cc1. The first-order valence-electron chi connectivity index (χ1n) is 10.6. The summed E-state index contributed by atoms with van der Waals surface area (Å²) in [5, 5.41) is 11.6. The number of hydrogen-bond donors (Lipinski definition) is 1. The Hall–Kier alpha value is -2.19. The maximum Gasteiger partial charge on any atom is 0.295 e. The summed E-state index contributed by atoms with van der Waals surface area (Å²) in [6.45, 7) is 4.37. The summed E-state index contributed by atoms with van der Waals surface area (Å²) in [4.78, 5) is 29.9. The average Bonchev–Trinajstić information content (AvgIpc) is 3.05. The van der Waals surface area contributed by atoms with Gasteiger partial charge >= 0.3 is 0 Å². The van der Waals surface area contributed by atoms with Crippen LogP contribution in [-0.2, 0) is 14.3 Å². The molecule has 0 saturated carbocycles.